The normalized spacial score (nSPS) is 10.3. The van der Waals surface area contributed by atoms with E-state index in [9.17, 15) is 9.59 Å². The van der Waals surface area contributed by atoms with Gasteiger partial charge < -0.3 is 4.74 Å². The molecule has 0 saturated carbocycles. The lowest BCUT2D eigenvalue weighted by atomic mass is 10.2. The number of ether oxygens (including phenoxy) is 1. The molecule has 0 spiro atoms. The van der Waals surface area contributed by atoms with Crippen LogP contribution in [-0.2, 0) is 11.4 Å². The minimum absolute atomic E-state index is 0.0289. The van der Waals surface area contributed by atoms with E-state index < -0.39 is 11.8 Å². The number of hydrogen-bond acceptors (Lipinski definition) is 4. The fourth-order valence-corrected chi connectivity index (χ4v) is 2.77. The number of nitrogens with one attached hydrogen (secondary N) is 3. The SMILES string of the molecule is O=C(C=Cc1ccccc1)NC(=S)NNC(=O)c1ccccc1OCc1ccccc1. The van der Waals surface area contributed by atoms with Crippen LogP contribution in [-0.4, -0.2) is 16.9 Å². The Kier molecular flexibility index (Phi) is 7.90. The van der Waals surface area contributed by atoms with Gasteiger partial charge in [0.25, 0.3) is 5.91 Å². The maximum atomic E-state index is 12.5. The molecule has 7 heteroatoms. The van der Waals surface area contributed by atoms with Crippen LogP contribution in [0.5, 0.6) is 5.75 Å². The third kappa shape index (κ3) is 7.09. The van der Waals surface area contributed by atoms with Crippen molar-refractivity contribution in [3.63, 3.8) is 0 Å². The van der Waals surface area contributed by atoms with Gasteiger partial charge in [-0.3, -0.25) is 25.8 Å². The zero-order valence-electron chi connectivity index (χ0n) is 16.6. The molecule has 3 aromatic rings. The molecular weight excluding hydrogens is 410 g/mol. The van der Waals surface area contributed by atoms with Crippen LogP contribution in [0.3, 0.4) is 0 Å². The summed E-state index contributed by atoms with van der Waals surface area (Å²) in [6.45, 7) is 0.334. The lowest BCUT2D eigenvalue weighted by molar-refractivity contribution is -0.115. The van der Waals surface area contributed by atoms with Gasteiger partial charge in [0.15, 0.2) is 5.11 Å². The Hall–Kier alpha value is -3.97. The molecule has 0 aromatic heterocycles. The molecule has 156 valence electrons. The number of carbonyl (C=O) groups excluding carboxylic acids is 2. The average Bonchev–Trinajstić information content (AvgIpc) is 2.81. The van der Waals surface area contributed by atoms with Gasteiger partial charge in [-0.1, -0.05) is 72.8 Å². The molecule has 3 rings (SSSR count). The van der Waals surface area contributed by atoms with Crippen molar-refractivity contribution >= 4 is 35.2 Å². The Labute approximate surface area is 185 Å². The Morgan fingerprint density at radius 1 is 0.839 bits per heavy atom. The van der Waals surface area contributed by atoms with Crippen molar-refractivity contribution in [2.24, 2.45) is 0 Å². The third-order valence-corrected chi connectivity index (χ3v) is 4.33. The summed E-state index contributed by atoms with van der Waals surface area (Å²) in [5.74, 6) is -0.423. The second-order valence-corrected chi connectivity index (χ2v) is 6.82. The molecule has 0 atom stereocenters. The van der Waals surface area contributed by atoms with Crippen LogP contribution in [0.1, 0.15) is 21.5 Å². The van der Waals surface area contributed by atoms with E-state index in [-0.39, 0.29) is 5.11 Å². The summed E-state index contributed by atoms with van der Waals surface area (Å²) in [5, 5.41) is 2.44. The number of amides is 2. The summed E-state index contributed by atoms with van der Waals surface area (Å²) in [5.41, 5.74) is 7.20. The highest BCUT2D eigenvalue weighted by Gasteiger charge is 2.12. The first-order valence-electron chi connectivity index (χ1n) is 9.52. The van der Waals surface area contributed by atoms with Gasteiger partial charge in [0.2, 0.25) is 5.91 Å². The lowest BCUT2D eigenvalue weighted by Gasteiger charge is -2.13. The number of hydrazine groups is 1. The van der Waals surface area contributed by atoms with Crippen molar-refractivity contribution < 1.29 is 14.3 Å². The van der Waals surface area contributed by atoms with E-state index in [1.54, 1.807) is 30.3 Å². The topological polar surface area (TPSA) is 79.5 Å². The number of carbonyl (C=O) groups is 2. The monoisotopic (exact) mass is 431 g/mol. The lowest BCUT2D eigenvalue weighted by Crippen LogP contribution is -2.48. The standard InChI is InChI=1S/C24H21N3O3S/c28-22(16-15-18-9-3-1-4-10-18)25-24(31)27-26-23(29)20-13-7-8-14-21(20)30-17-19-11-5-2-6-12-19/h1-16H,17H2,(H,26,29)(H2,25,27,28,31). The molecule has 31 heavy (non-hydrogen) atoms. The van der Waals surface area contributed by atoms with Crippen LogP contribution in [0.15, 0.2) is 91.0 Å². The highest BCUT2D eigenvalue weighted by atomic mass is 32.1. The van der Waals surface area contributed by atoms with E-state index in [4.69, 9.17) is 17.0 Å². The summed E-state index contributed by atoms with van der Waals surface area (Å²) in [6.07, 6.45) is 3.02. The smallest absolute Gasteiger partial charge is 0.273 e. The summed E-state index contributed by atoms with van der Waals surface area (Å²) in [4.78, 5) is 24.5. The summed E-state index contributed by atoms with van der Waals surface area (Å²) in [6, 6.07) is 25.9. The molecule has 2 amide bonds. The predicted octanol–water partition coefficient (Wildman–Crippen LogP) is 3.61. The maximum absolute atomic E-state index is 12.5. The van der Waals surface area contributed by atoms with Crippen molar-refractivity contribution in [3.8, 4) is 5.75 Å². The van der Waals surface area contributed by atoms with Crippen LogP contribution in [0.2, 0.25) is 0 Å². The Morgan fingerprint density at radius 2 is 1.48 bits per heavy atom. The molecule has 0 aliphatic heterocycles. The molecule has 0 unspecified atom stereocenters. The number of benzene rings is 3. The van der Waals surface area contributed by atoms with Crippen molar-refractivity contribution in [2.75, 3.05) is 0 Å². The summed E-state index contributed by atoms with van der Waals surface area (Å²) in [7, 11) is 0. The predicted molar refractivity (Wildman–Crippen MR) is 124 cm³/mol. The van der Waals surface area contributed by atoms with Gasteiger partial charge in [-0.2, -0.15) is 0 Å². The van der Waals surface area contributed by atoms with Crippen LogP contribution < -0.4 is 20.9 Å². The first-order chi connectivity index (χ1) is 15.1. The average molecular weight is 432 g/mol. The Bertz CT molecular complexity index is 1070. The van der Waals surface area contributed by atoms with Gasteiger partial charge in [-0.15, -0.1) is 0 Å². The van der Waals surface area contributed by atoms with Crippen molar-refractivity contribution in [3.05, 3.63) is 108 Å². The zero-order valence-corrected chi connectivity index (χ0v) is 17.4. The second-order valence-electron chi connectivity index (χ2n) is 6.41. The third-order valence-electron chi connectivity index (χ3n) is 4.12. The van der Waals surface area contributed by atoms with Gasteiger partial charge in [0.05, 0.1) is 5.56 Å². The summed E-state index contributed by atoms with van der Waals surface area (Å²) >= 11 is 5.05. The molecule has 3 aromatic carbocycles. The van der Waals surface area contributed by atoms with E-state index in [0.29, 0.717) is 17.9 Å². The van der Waals surface area contributed by atoms with Gasteiger partial charge in [0.1, 0.15) is 12.4 Å². The van der Waals surface area contributed by atoms with Crippen molar-refractivity contribution in [2.45, 2.75) is 6.61 Å². The zero-order chi connectivity index (χ0) is 21.9. The number of rotatable bonds is 6. The van der Waals surface area contributed by atoms with E-state index in [0.717, 1.165) is 11.1 Å². The maximum Gasteiger partial charge on any atom is 0.273 e. The number of para-hydroxylation sites is 1. The molecule has 0 bridgehead atoms. The van der Waals surface area contributed by atoms with Gasteiger partial charge >= 0.3 is 0 Å². The molecule has 3 N–H and O–H groups in total. The van der Waals surface area contributed by atoms with E-state index >= 15 is 0 Å². The van der Waals surface area contributed by atoms with E-state index in [1.165, 1.54) is 6.08 Å². The van der Waals surface area contributed by atoms with Crippen LogP contribution in [0, 0.1) is 0 Å². The van der Waals surface area contributed by atoms with Gasteiger partial charge in [-0.25, -0.2) is 0 Å². The number of hydrogen-bond donors (Lipinski definition) is 3. The minimum atomic E-state index is -0.444. The molecule has 6 nitrogen and oxygen atoms in total. The molecule has 0 heterocycles. The van der Waals surface area contributed by atoms with Crippen LogP contribution >= 0.6 is 12.2 Å². The Balaban J connectivity index is 1.50. The fraction of sp³-hybridized carbons (Fsp3) is 0.0417. The number of thiocarbonyl (C=S) groups is 1. The summed E-state index contributed by atoms with van der Waals surface area (Å²) < 4.78 is 5.79. The Morgan fingerprint density at radius 3 is 2.23 bits per heavy atom. The van der Waals surface area contributed by atoms with Crippen LogP contribution in [0.25, 0.3) is 6.08 Å². The van der Waals surface area contributed by atoms with E-state index in [2.05, 4.69) is 16.2 Å². The van der Waals surface area contributed by atoms with E-state index in [1.807, 2.05) is 60.7 Å². The van der Waals surface area contributed by atoms with Gasteiger partial charge in [0, 0.05) is 6.08 Å². The van der Waals surface area contributed by atoms with Crippen LogP contribution in [0.4, 0.5) is 0 Å². The molecule has 0 aliphatic carbocycles. The van der Waals surface area contributed by atoms with Crippen molar-refractivity contribution in [1.29, 1.82) is 0 Å². The largest absolute Gasteiger partial charge is 0.488 e. The second kappa shape index (κ2) is 11.3. The highest BCUT2D eigenvalue weighted by Crippen LogP contribution is 2.19. The minimum Gasteiger partial charge on any atom is -0.488 e. The molecular formula is C24H21N3O3S. The first-order valence-corrected chi connectivity index (χ1v) is 9.93. The highest BCUT2D eigenvalue weighted by molar-refractivity contribution is 7.80. The first kappa shape index (κ1) is 21.7. The van der Waals surface area contributed by atoms with Gasteiger partial charge in [-0.05, 0) is 41.6 Å². The van der Waals surface area contributed by atoms with Crippen molar-refractivity contribution in [1.82, 2.24) is 16.2 Å². The molecule has 0 radical (unpaired) electrons. The molecule has 0 fully saturated rings. The quantitative estimate of drug-likeness (QED) is 0.316. The fourth-order valence-electron chi connectivity index (χ4n) is 2.62. The molecule has 0 saturated heterocycles. The molecule has 0 aliphatic rings.